The average Bonchev–Trinajstić information content (AvgIpc) is 2.57. The maximum atomic E-state index is 6.18. The van der Waals surface area contributed by atoms with E-state index in [1.165, 1.54) is 18.4 Å². The van der Waals surface area contributed by atoms with Gasteiger partial charge in [-0.2, -0.15) is 0 Å². The van der Waals surface area contributed by atoms with Gasteiger partial charge in [0.05, 0.1) is 0 Å². The molecule has 3 rings (SSSR count). The average molecular weight is 359 g/mol. The second-order valence-electron chi connectivity index (χ2n) is 6.82. The van der Waals surface area contributed by atoms with Crippen molar-refractivity contribution in [2.45, 2.75) is 56.0 Å². The Bertz CT molecular complexity index is 484. The summed E-state index contributed by atoms with van der Waals surface area (Å²) >= 11 is 6.18. The van der Waals surface area contributed by atoms with Gasteiger partial charge in [-0.15, -0.1) is 12.4 Å². The molecule has 0 radical (unpaired) electrons. The number of nitrogens with two attached hydrogens (primary N) is 1. The summed E-state index contributed by atoms with van der Waals surface area (Å²) in [6.45, 7) is 2.51. The van der Waals surface area contributed by atoms with Gasteiger partial charge in [-0.05, 0) is 56.2 Å². The highest BCUT2D eigenvalue weighted by Crippen LogP contribution is 2.39. The molecule has 1 saturated heterocycles. The number of rotatable bonds is 4. The molecule has 3 N–H and O–H groups in total. The van der Waals surface area contributed by atoms with Crippen molar-refractivity contribution in [2.75, 3.05) is 19.8 Å². The lowest BCUT2D eigenvalue weighted by Crippen LogP contribution is -2.47. The van der Waals surface area contributed by atoms with Gasteiger partial charge in [0, 0.05) is 42.3 Å². The van der Waals surface area contributed by atoms with E-state index in [9.17, 15) is 0 Å². The number of hydrogen-bond donors (Lipinski definition) is 2. The van der Waals surface area contributed by atoms with Gasteiger partial charge in [0.2, 0.25) is 0 Å². The number of halogens is 2. The lowest BCUT2D eigenvalue weighted by Gasteiger charge is -2.41. The Hall–Kier alpha value is -0.320. The Morgan fingerprint density at radius 3 is 2.39 bits per heavy atom. The number of ether oxygens (including phenoxy) is 1. The van der Waals surface area contributed by atoms with Gasteiger partial charge in [-0.1, -0.05) is 23.7 Å². The maximum Gasteiger partial charge on any atom is 0.0480 e. The van der Waals surface area contributed by atoms with E-state index in [1.54, 1.807) is 0 Å². The fourth-order valence-electron chi connectivity index (χ4n) is 3.96. The van der Waals surface area contributed by atoms with E-state index in [2.05, 4.69) is 17.4 Å². The Morgan fingerprint density at radius 1 is 1.13 bits per heavy atom. The molecule has 1 aromatic rings. The van der Waals surface area contributed by atoms with Gasteiger partial charge in [-0.3, -0.25) is 0 Å². The minimum atomic E-state index is 0. The minimum Gasteiger partial charge on any atom is -0.381 e. The molecule has 0 aromatic heterocycles. The number of benzene rings is 1. The van der Waals surface area contributed by atoms with Crippen molar-refractivity contribution in [3.8, 4) is 0 Å². The molecule has 0 spiro atoms. The first-order chi connectivity index (χ1) is 10.7. The second-order valence-corrected chi connectivity index (χ2v) is 7.26. The molecule has 1 aromatic carbocycles. The molecule has 1 saturated carbocycles. The molecule has 5 heteroatoms. The first kappa shape index (κ1) is 19.0. The van der Waals surface area contributed by atoms with Crippen LogP contribution in [0.2, 0.25) is 5.02 Å². The van der Waals surface area contributed by atoms with Crippen LogP contribution in [-0.4, -0.2) is 31.8 Å². The summed E-state index contributed by atoms with van der Waals surface area (Å²) in [6, 6.07) is 9.53. The summed E-state index contributed by atoms with van der Waals surface area (Å²) in [6.07, 6.45) is 6.97. The van der Waals surface area contributed by atoms with E-state index in [0.29, 0.717) is 18.6 Å². The Labute approximate surface area is 150 Å². The van der Waals surface area contributed by atoms with Gasteiger partial charge in [0.25, 0.3) is 0 Å². The van der Waals surface area contributed by atoms with Crippen molar-refractivity contribution in [3.63, 3.8) is 0 Å². The van der Waals surface area contributed by atoms with Gasteiger partial charge in [0.15, 0.2) is 0 Å². The highest BCUT2D eigenvalue weighted by molar-refractivity contribution is 6.30. The quantitative estimate of drug-likeness (QED) is 0.862. The third kappa shape index (κ3) is 4.61. The van der Waals surface area contributed by atoms with Gasteiger partial charge >= 0.3 is 0 Å². The van der Waals surface area contributed by atoms with Crippen LogP contribution < -0.4 is 11.1 Å². The molecule has 0 unspecified atom stereocenters. The number of hydrogen-bond acceptors (Lipinski definition) is 3. The summed E-state index contributed by atoms with van der Waals surface area (Å²) in [4.78, 5) is 0. The SMILES string of the molecule is Cl.NC[C@]1(c2cccc(Cl)c2)CC[C@@H](NC2CCOCC2)CC1. The lowest BCUT2D eigenvalue weighted by atomic mass is 9.68. The lowest BCUT2D eigenvalue weighted by molar-refractivity contribution is 0.0716. The standard InChI is InChI=1S/C18H27ClN2O.ClH/c19-15-3-1-2-14(12-15)18(13-20)8-4-16(5-9-18)21-17-6-10-22-11-7-17;/h1-3,12,16-17,21H,4-11,13,20H2;1H/t16-,18+;. The summed E-state index contributed by atoms with van der Waals surface area (Å²) in [5, 5.41) is 4.65. The van der Waals surface area contributed by atoms with Crippen molar-refractivity contribution < 1.29 is 4.74 Å². The molecule has 2 aliphatic rings. The minimum absolute atomic E-state index is 0. The van der Waals surface area contributed by atoms with Gasteiger partial charge in [-0.25, -0.2) is 0 Å². The molecule has 3 nitrogen and oxygen atoms in total. The van der Waals surface area contributed by atoms with Crippen LogP contribution in [0.3, 0.4) is 0 Å². The molecule has 23 heavy (non-hydrogen) atoms. The first-order valence-electron chi connectivity index (χ1n) is 8.52. The van der Waals surface area contributed by atoms with Crippen LogP contribution in [0.1, 0.15) is 44.1 Å². The summed E-state index contributed by atoms with van der Waals surface area (Å²) in [5.41, 5.74) is 7.59. The van der Waals surface area contributed by atoms with Crippen molar-refractivity contribution in [1.29, 1.82) is 0 Å². The van der Waals surface area contributed by atoms with E-state index < -0.39 is 0 Å². The molecule has 0 atom stereocenters. The van der Waals surface area contributed by atoms with Gasteiger partial charge < -0.3 is 15.8 Å². The van der Waals surface area contributed by atoms with Crippen molar-refractivity contribution in [3.05, 3.63) is 34.9 Å². The van der Waals surface area contributed by atoms with Crippen LogP contribution >= 0.6 is 24.0 Å². The Morgan fingerprint density at radius 2 is 1.78 bits per heavy atom. The predicted molar refractivity (Wildman–Crippen MR) is 98.7 cm³/mol. The normalized spacial score (nSPS) is 29.0. The summed E-state index contributed by atoms with van der Waals surface area (Å²) in [5.74, 6) is 0. The van der Waals surface area contributed by atoms with E-state index in [0.717, 1.165) is 43.9 Å². The predicted octanol–water partition coefficient (Wildman–Crippen LogP) is 3.67. The smallest absolute Gasteiger partial charge is 0.0480 e. The van der Waals surface area contributed by atoms with Crippen molar-refractivity contribution in [1.82, 2.24) is 5.32 Å². The third-order valence-corrected chi connectivity index (χ3v) is 5.70. The topological polar surface area (TPSA) is 47.3 Å². The first-order valence-corrected chi connectivity index (χ1v) is 8.89. The highest BCUT2D eigenvalue weighted by atomic mass is 35.5. The Kier molecular flexibility index (Phi) is 7.18. The zero-order valence-corrected chi connectivity index (χ0v) is 15.2. The van der Waals surface area contributed by atoms with E-state index >= 15 is 0 Å². The Balaban J connectivity index is 0.00000192. The monoisotopic (exact) mass is 358 g/mol. The maximum absolute atomic E-state index is 6.18. The molecule has 1 heterocycles. The highest BCUT2D eigenvalue weighted by Gasteiger charge is 2.36. The van der Waals surface area contributed by atoms with Crippen LogP contribution in [0.25, 0.3) is 0 Å². The molecular formula is C18H28Cl2N2O. The zero-order chi connectivity index (χ0) is 15.4. The van der Waals surface area contributed by atoms with E-state index in [4.69, 9.17) is 22.1 Å². The molecule has 1 aliphatic heterocycles. The van der Waals surface area contributed by atoms with E-state index in [1.807, 2.05) is 12.1 Å². The van der Waals surface area contributed by atoms with Crippen LogP contribution in [0.5, 0.6) is 0 Å². The van der Waals surface area contributed by atoms with Crippen LogP contribution in [0.4, 0.5) is 0 Å². The van der Waals surface area contributed by atoms with Crippen molar-refractivity contribution >= 4 is 24.0 Å². The largest absolute Gasteiger partial charge is 0.381 e. The van der Waals surface area contributed by atoms with Crippen molar-refractivity contribution in [2.24, 2.45) is 5.73 Å². The summed E-state index contributed by atoms with van der Waals surface area (Å²) < 4.78 is 5.44. The second kappa shape index (κ2) is 8.68. The molecular weight excluding hydrogens is 331 g/mol. The third-order valence-electron chi connectivity index (χ3n) is 5.46. The molecule has 0 amide bonds. The molecule has 1 aliphatic carbocycles. The van der Waals surface area contributed by atoms with E-state index in [-0.39, 0.29) is 17.8 Å². The van der Waals surface area contributed by atoms with Crippen LogP contribution in [0, 0.1) is 0 Å². The molecule has 2 fully saturated rings. The van der Waals surface area contributed by atoms with Crippen LogP contribution in [-0.2, 0) is 10.2 Å². The zero-order valence-electron chi connectivity index (χ0n) is 13.6. The van der Waals surface area contributed by atoms with Crippen LogP contribution in [0.15, 0.2) is 24.3 Å². The molecule has 130 valence electrons. The number of nitrogens with one attached hydrogen (secondary N) is 1. The molecule has 0 bridgehead atoms. The summed E-state index contributed by atoms with van der Waals surface area (Å²) in [7, 11) is 0. The van der Waals surface area contributed by atoms with Gasteiger partial charge in [0.1, 0.15) is 0 Å². The fourth-order valence-corrected chi connectivity index (χ4v) is 4.15. The fraction of sp³-hybridized carbons (Fsp3) is 0.667.